The van der Waals surface area contributed by atoms with Crippen LogP contribution in [-0.2, 0) is 11.0 Å². The number of aromatic hydroxyl groups is 1. The minimum Gasteiger partial charge on any atom is -0.507 e. The minimum atomic E-state index is -4.57. The number of benzene rings is 1. The Labute approximate surface area is 181 Å². The van der Waals surface area contributed by atoms with Crippen LogP contribution in [0.2, 0.25) is 0 Å². The fourth-order valence-corrected chi connectivity index (χ4v) is 4.09. The molecule has 1 unspecified atom stereocenters. The number of likely N-dealkylation sites (tertiary alicyclic amines) is 1. The highest BCUT2D eigenvalue weighted by molar-refractivity contribution is 5.78. The molecule has 1 aromatic heterocycles. The first-order valence-electron chi connectivity index (χ1n) is 10.1. The van der Waals surface area contributed by atoms with Gasteiger partial charge in [0.1, 0.15) is 12.4 Å². The van der Waals surface area contributed by atoms with Crippen LogP contribution in [0.4, 0.5) is 13.2 Å². The van der Waals surface area contributed by atoms with E-state index in [2.05, 4.69) is 10.1 Å². The SMILES string of the molecule is Cc1cc(C(F)(F)F)cc(O)c1-c1ccc2c(n1)=N/[N+](=C\C1CCC(=O)N(C)C1)C=2CO. The zero-order chi connectivity index (χ0) is 23.2. The van der Waals surface area contributed by atoms with Crippen LogP contribution in [0.15, 0.2) is 29.4 Å². The highest BCUT2D eigenvalue weighted by Gasteiger charge is 2.33. The van der Waals surface area contributed by atoms with Crippen LogP contribution in [-0.4, -0.2) is 57.1 Å². The second kappa shape index (κ2) is 8.01. The number of carbonyl (C=O) groups is 1. The second-order valence-corrected chi connectivity index (χ2v) is 8.02. The number of nitrogens with zero attached hydrogens (tertiary/aromatic N) is 4. The first kappa shape index (κ1) is 21.9. The summed E-state index contributed by atoms with van der Waals surface area (Å²) in [5.74, 6) is -0.383. The van der Waals surface area contributed by atoms with Crippen molar-refractivity contribution in [3.05, 3.63) is 46.1 Å². The minimum absolute atomic E-state index is 0.0537. The Morgan fingerprint density at radius 3 is 2.69 bits per heavy atom. The molecule has 0 saturated carbocycles. The number of aliphatic hydroxyl groups excluding tert-OH is 1. The van der Waals surface area contributed by atoms with Gasteiger partial charge in [-0.3, -0.25) is 4.79 Å². The third kappa shape index (κ3) is 3.97. The normalized spacial score (nSPS) is 20.0. The molecule has 1 aromatic carbocycles. The molecule has 0 aliphatic carbocycles. The lowest BCUT2D eigenvalue weighted by atomic mass is 9.99. The third-order valence-corrected chi connectivity index (χ3v) is 5.73. The number of alkyl halides is 3. The van der Waals surface area contributed by atoms with Gasteiger partial charge in [-0.05, 0) is 43.2 Å². The topological polar surface area (TPSA) is 89.0 Å². The Morgan fingerprint density at radius 1 is 1.31 bits per heavy atom. The number of piperidine rings is 1. The van der Waals surface area contributed by atoms with Crippen LogP contribution in [0.5, 0.6) is 5.75 Å². The van der Waals surface area contributed by atoms with Gasteiger partial charge in [0, 0.05) is 30.7 Å². The maximum absolute atomic E-state index is 13.0. The number of phenolic OH excluding ortho intramolecular Hbond substituents is 1. The fraction of sp³-hybridized carbons (Fsp3) is 0.364. The number of rotatable bonds is 3. The fourth-order valence-electron chi connectivity index (χ4n) is 4.09. The average molecular weight is 447 g/mol. The zero-order valence-electron chi connectivity index (χ0n) is 17.5. The molecule has 7 nitrogen and oxygen atoms in total. The van der Waals surface area contributed by atoms with Crippen molar-refractivity contribution in [2.45, 2.75) is 25.9 Å². The smallest absolute Gasteiger partial charge is 0.416 e. The van der Waals surface area contributed by atoms with Gasteiger partial charge in [-0.15, -0.1) is 0 Å². The summed E-state index contributed by atoms with van der Waals surface area (Å²) < 4.78 is 40.6. The number of hydrogen-bond donors (Lipinski definition) is 2. The van der Waals surface area contributed by atoms with Crippen LogP contribution in [0.1, 0.15) is 24.0 Å². The van der Waals surface area contributed by atoms with Gasteiger partial charge in [0.05, 0.1) is 22.4 Å². The zero-order valence-corrected chi connectivity index (χ0v) is 17.5. The van der Waals surface area contributed by atoms with E-state index in [4.69, 9.17) is 0 Å². The summed E-state index contributed by atoms with van der Waals surface area (Å²) in [6.07, 6.45) is -1.62. The maximum Gasteiger partial charge on any atom is 0.416 e. The van der Waals surface area contributed by atoms with Crippen molar-refractivity contribution in [3.63, 3.8) is 0 Å². The average Bonchev–Trinajstić information content (AvgIpc) is 3.05. The maximum atomic E-state index is 13.0. The predicted molar refractivity (Wildman–Crippen MR) is 109 cm³/mol. The van der Waals surface area contributed by atoms with Gasteiger partial charge in [0.15, 0.2) is 6.21 Å². The molecule has 1 atom stereocenters. The van der Waals surface area contributed by atoms with E-state index in [9.17, 15) is 28.2 Å². The Morgan fingerprint density at radius 2 is 2.06 bits per heavy atom. The number of pyridine rings is 1. The monoisotopic (exact) mass is 447 g/mol. The lowest BCUT2D eigenvalue weighted by Gasteiger charge is -2.25. The van der Waals surface area contributed by atoms with Crippen LogP contribution >= 0.6 is 0 Å². The number of fused-ring (bicyclic) bond motifs is 1. The van der Waals surface area contributed by atoms with E-state index < -0.39 is 17.5 Å². The predicted octanol–water partition coefficient (Wildman–Crippen LogP) is 1.38. The van der Waals surface area contributed by atoms with Gasteiger partial charge in [0.2, 0.25) is 11.4 Å². The Kier molecular flexibility index (Phi) is 5.49. The van der Waals surface area contributed by atoms with Gasteiger partial charge in [-0.2, -0.15) is 13.2 Å². The van der Waals surface area contributed by atoms with E-state index in [0.717, 1.165) is 6.07 Å². The van der Waals surface area contributed by atoms with Crippen molar-refractivity contribution >= 4 is 17.8 Å². The molecule has 2 aromatic rings. The standard InChI is InChI=1S/C22H21F3N4O3/c1-12-7-14(22(23,24)25)8-18(31)20(12)16-5-4-15-17(11-30)29(27-21(15)26-16)10-13-3-6-19(32)28(2)9-13/h4-5,7-8,10,13,30H,3,6,9,11H2,1-2H3/p+1/b29-10-. The van der Waals surface area contributed by atoms with Gasteiger partial charge in [0.25, 0.3) is 5.70 Å². The molecule has 2 N–H and O–H groups in total. The number of amides is 1. The molecular formula is C22H22F3N4O3+. The summed E-state index contributed by atoms with van der Waals surface area (Å²) in [7, 11) is 1.74. The quantitative estimate of drug-likeness (QED) is 0.696. The van der Waals surface area contributed by atoms with Crippen molar-refractivity contribution in [2.24, 2.45) is 11.0 Å². The van der Waals surface area contributed by atoms with Crippen LogP contribution in [0.25, 0.3) is 17.0 Å². The summed E-state index contributed by atoms with van der Waals surface area (Å²) in [6, 6.07) is 4.90. The number of aromatic nitrogens is 1. The molecule has 0 radical (unpaired) electrons. The van der Waals surface area contributed by atoms with Crippen molar-refractivity contribution in [1.29, 1.82) is 0 Å². The second-order valence-electron chi connectivity index (χ2n) is 8.02. The molecule has 0 spiro atoms. The molecule has 1 saturated heterocycles. The number of halogens is 3. The molecular weight excluding hydrogens is 425 g/mol. The number of aliphatic hydroxyl groups is 1. The largest absolute Gasteiger partial charge is 0.507 e. The number of phenols is 1. The van der Waals surface area contributed by atoms with Crippen LogP contribution in [0, 0.1) is 12.8 Å². The molecule has 1 amide bonds. The van der Waals surface area contributed by atoms with Crippen molar-refractivity contribution in [1.82, 2.24) is 9.88 Å². The van der Waals surface area contributed by atoms with E-state index in [1.807, 2.05) is 6.21 Å². The highest BCUT2D eigenvalue weighted by atomic mass is 19.4. The van der Waals surface area contributed by atoms with Crippen molar-refractivity contribution in [2.75, 3.05) is 20.2 Å². The molecule has 1 fully saturated rings. The third-order valence-electron chi connectivity index (χ3n) is 5.73. The number of carbonyl (C=O) groups excluding carboxylic acids is 1. The number of hydrogen-bond acceptors (Lipinski definition) is 5. The Bertz CT molecular complexity index is 1230. The van der Waals surface area contributed by atoms with Crippen molar-refractivity contribution < 1.29 is 32.9 Å². The summed E-state index contributed by atoms with van der Waals surface area (Å²) >= 11 is 0. The molecule has 0 bridgehead atoms. The van der Waals surface area contributed by atoms with E-state index in [-0.39, 0.29) is 35.3 Å². The van der Waals surface area contributed by atoms with E-state index in [1.165, 1.54) is 6.92 Å². The van der Waals surface area contributed by atoms with Gasteiger partial charge >= 0.3 is 6.18 Å². The van der Waals surface area contributed by atoms with E-state index in [0.29, 0.717) is 41.9 Å². The van der Waals surface area contributed by atoms with Crippen LogP contribution in [0.3, 0.4) is 0 Å². The molecule has 2 aliphatic heterocycles. The summed E-state index contributed by atoms with van der Waals surface area (Å²) in [5, 5.41) is 25.2. The Balaban J connectivity index is 1.75. The molecule has 2 aliphatic rings. The Hall–Kier alpha value is -3.27. The van der Waals surface area contributed by atoms with E-state index >= 15 is 0 Å². The lowest BCUT2D eigenvalue weighted by Crippen LogP contribution is -2.38. The lowest BCUT2D eigenvalue weighted by molar-refractivity contribution is -0.442. The highest BCUT2D eigenvalue weighted by Crippen LogP contribution is 2.38. The first-order valence-corrected chi connectivity index (χ1v) is 10.1. The van der Waals surface area contributed by atoms with Gasteiger partial charge in [-0.1, -0.05) is 4.68 Å². The molecule has 10 heteroatoms. The van der Waals surface area contributed by atoms with Gasteiger partial charge < -0.3 is 15.1 Å². The summed E-state index contributed by atoms with van der Waals surface area (Å²) in [5.41, 5.74) is 0.575. The number of aryl methyl sites for hydroxylation is 1. The molecule has 3 heterocycles. The summed E-state index contributed by atoms with van der Waals surface area (Å²) in [6.45, 7) is 1.72. The van der Waals surface area contributed by atoms with Gasteiger partial charge in [-0.25, -0.2) is 4.98 Å². The molecule has 168 valence electrons. The van der Waals surface area contributed by atoms with Crippen LogP contribution < -0.4 is 10.7 Å². The summed E-state index contributed by atoms with van der Waals surface area (Å²) in [4.78, 5) is 17.8. The first-order chi connectivity index (χ1) is 15.1. The van der Waals surface area contributed by atoms with E-state index in [1.54, 1.807) is 28.8 Å². The molecule has 4 rings (SSSR count). The molecule has 32 heavy (non-hydrogen) atoms. The van der Waals surface area contributed by atoms with Crippen molar-refractivity contribution in [3.8, 4) is 17.0 Å².